The molecule has 0 aliphatic heterocycles. The zero-order valence-electron chi connectivity index (χ0n) is 11.2. The summed E-state index contributed by atoms with van der Waals surface area (Å²) < 4.78 is 1.02. The van der Waals surface area contributed by atoms with Crippen LogP contribution in [-0.4, -0.2) is 19.6 Å². The van der Waals surface area contributed by atoms with Crippen LogP contribution < -0.4 is 11.4 Å². The minimum Gasteiger partial charge on any atom is -0.334 e. The lowest BCUT2D eigenvalue weighted by molar-refractivity contribution is 0.519. The minimum atomic E-state index is -0.351. The Morgan fingerprint density at radius 1 is 1.12 bits per heavy atom. The molecule has 0 aliphatic carbocycles. The van der Waals surface area contributed by atoms with Gasteiger partial charge in [-0.3, -0.25) is 4.79 Å². The second-order valence-electron chi connectivity index (χ2n) is 5.97. The predicted molar refractivity (Wildman–Crippen MR) is 70.8 cm³/mol. The molecule has 1 aromatic heterocycles. The van der Waals surface area contributed by atoms with Crippen molar-refractivity contribution in [2.75, 3.05) is 5.84 Å². The van der Waals surface area contributed by atoms with Gasteiger partial charge in [0.1, 0.15) is 5.69 Å². The third-order valence-electron chi connectivity index (χ3n) is 1.97. The van der Waals surface area contributed by atoms with Gasteiger partial charge in [-0.15, -0.1) is 10.2 Å². The molecule has 17 heavy (non-hydrogen) atoms. The highest BCUT2D eigenvalue weighted by atomic mass is 32.2. The maximum absolute atomic E-state index is 12.0. The molecule has 0 saturated heterocycles. The molecule has 96 valence electrons. The van der Waals surface area contributed by atoms with Crippen LogP contribution in [0.15, 0.2) is 9.95 Å². The first kappa shape index (κ1) is 14.0. The van der Waals surface area contributed by atoms with Crippen molar-refractivity contribution < 1.29 is 0 Å². The maximum atomic E-state index is 12.0. The Kier molecular flexibility index (Phi) is 3.57. The van der Waals surface area contributed by atoms with Gasteiger partial charge >= 0.3 is 0 Å². The summed E-state index contributed by atoms with van der Waals surface area (Å²) in [6.07, 6.45) is 0. The number of hydrogen-bond acceptors (Lipinski definition) is 5. The van der Waals surface area contributed by atoms with Crippen molar-refractivity contribution >= 4 is 11.8 Å². The molecule has 0 amide bonds. The van der Waals surface area contributed by atoms with Gasteiger partial charge in [0, 0.05) is 10.2 Å². The summed E-state index contributed by atoms with van der Waals surface area (Å²) in [6.45, 7) is 11.8. The Hall–Kier alpha value is -1.04. The maximum Gasteiger partial charge on any atom is 0.295 e. The number of nitrogens with two attached hydrogens (primary N) is 1. The summed E-state index contributed by atoms with van der Waals surface area (Å²) in [7, 11) is 0. The molecule has 6 heteroatoms. The average Bonchev–Trinajstić information content (AvgIpc) is 2.08. The van der Waals surface area contributed by atoms with Gasteiger partial charge in [0.05, 0.1) is 0 Å². The van der Waals surface area contributed by atoms with E-state index in [-0.39, 0.29) is 15.7 Å². The van der Waals surface area contributed by atoms with Crippen molar-refractivity contribution in [3.05, 3.63) is 16.0 Å². The van der Waals surface area contributed by atoms with Crippen LogP contribution in [0, 0.1) is 0 Å². The van der Waals surface area contributed by atoms with Crippen molar-refractivity contribution in [3.8, 4) is 0 Å². The monoisotopic (exact) mass is 256 g/mol. The highest BCUT2D eigenvalue weighted by Crippen LogP contribution is 2.29. The number of rotatable bonds is 1. The van der Waals surface area contributed by atoms with Gasteiger partial charge in [-0.2, -0.15) is 4.68 Å². The van der Waals surface area contributed by atoms with E-state index in [0.29, 0.717) is 10.9 Å². The second-order valence-corrected chi connectivity index (χ2v) is 7.76. The molecule has 0 aliphatic rings. The summed E-state index contributed by atoms with van der Waals surface area (Å²) in [6, 6.07) is 0. The Morgan fingerprint density at radius 3 is 2.06 bits per heavy atom. The molecule has 1 heterocycles. The minimum absolute atomic E-state index is 0.0640. The van der Waals surface area contributed by atoms with Gasteiger partial charge in [0.25, 0.3) is 5.56 Å². The Labute approximate surface area is 106 Å². The average molecular weight is 256 g/mol. The second kappa shape index (κ2) is 4.33. The number of nitrogen functional groups attached to an aromatic ring is 1. The number of hydrogen-bond donors (Lipinski definition) is 1. The van der Waals surface area contributed by atoms with E-state index in [0.717, 1.165) is 4.68 Å². The molecule has 5 nitrogen and oxygen atoms in total. The van der Waals surface area contributed by atoms with Crippen molar-refractivity contribution in [1.29, 1.82) is 0 Å². The van der Waals surface area contributed by atoms with Gasteiger partial charge in [0.2, 0.25) is 5.16 Å². The first-order valence-electron chi connectivity index (χ1n) is 5.46. The van der Waals surface area contributed by atoms with E-state index in [1.165, 1.54) is 11.8 Å². The van der Waals surface area contributed by atoms with Gasteiger partial charge in [0.15, 0.2) is 0 Å². The first-order valence-corrected chi connectivity index (χ1v) is 6.28. The number of aromatic nitrogens is 3. The Bertz CT molecular complexity index is 468. The normalized spacial score (nSPS) is 12.8. The summed E-state index contributed by atoms with van der Waals surface area (Å²) >= 11 is 1.43. The number of nitrogens with zero attached hydrogens (tertiary/aromatic N) is 3. The highest BCUT2D eigenvalue weighted by molar-refractivity contribution is 8.00. The largest absolute Gasteiger partial charge is 0.334 e. The van der Waals surface area contributed by atoms with E-state index in [1.54, 1.807) is 0 Å². The van der Waals surface area contributed by atoms with Crippen molar-refractivity contribution in [3.63, 3.8) is 0 Å². The van der Waals surface area contributed by atoms with Crippen LogP contribution in [0.25, 0.3) is 0 Å². The van der Waals surface area contributed by atoms with Crippen LogP contribution in [-0.2, 0) is 5.41 Å². The lowest BCUT2D eigenvalue weighted by Gasteiger charge is -2.20. The summed E-state index contributed by atoms with van der Waals surface area (Å²) in [5.74, 6) is 5.77. The lowest BCUT2D eigenvalue weighted by Crippen LogP contribution is -2.38. The highest BCUT2D eigenvalue weighted by Gasteiger charge is 2.24. The van der Waals surface area contributed by atoms with Crippen molar-refractivity contribution in [2.45, 2.75) is 56.9 Å². The fourth-order valence-corrected chi connectivity index (χ4v) is 2.01. The molecular formula is C11H20N4OS. The zero-order chi connectivity index (χ0) is 13.4. The van der Waals surface area contributed by atoms with E-state index in [4.69, 9.17) is 5.84 Å². The first-order chi connectivity index (χ1) is 7.52. The molecule has 1 aromatic rings. The van der Waals surface area contributed by atoms with Gasteiger partial charge in [-0.1, -0.05) is 53.3 Å². The van der Waals surface area contributed by atoms with Gasteiger partial charge in [-0.05, 0) is 0 Å². The van der Waals surface area contributed by atoms with E-state index >= 15 is 0 Å². The SMILES string of the molecule is CC(C)(C)Sc1nnc(C(C)(C)C)c(=O)n1N. The standard InChI is InChI=1S/C11H20N4OS/c1-10(2,3)7-8(16)15(12)9(14-13-7)17-11(4,5)6/h12H2,1-6H3. The van der Waals surface area contributed by atoms with Gasteiger partial charge in [-0.25, -0.2) is 0 Å². The molecule has 1 rings (SSSR count). The molecule has 0 saturated carbocycles. The molecule has 0 radical (unpaired) electrons. The summed E-state index contributed by atoms with van der Waals surface area (Å²) in [5, 5.41) is 8.49. The lowest BCUT2D eigenvalue weighted by atomic mass is 9.93. The zero-order valence-corrected chi connectivity index (χ0v) is 12.1. The third kappa shape index (κ3) is 3.46. The molecule has 2 N–H and O–H groups in total. The molecular weight excluding hydrogens is 236 g/mol. The topological polar surface area (TPSA) is 73.8 Å². The van der Waals surface area contributed by atoms with E-state index in [2.05, 4.69) is 10.2 Å². The number of thioether (sulfide) groups is 1. The molecule has 0 atom stereocenters. The van der Waals surface area contributed by atoms with Gasteiger partial charge < -0.3 is 5.84 Å². The van der Waals surface area contributed by atoms with E-state index in [9.17, 15) is 4.79 Å². The smallest absolute Gasteiger partial charge is 0.295 e. The van der Waals surface area contributed by atoms with Crippen molar-refractivity contribution in [2.24, 2.45) is 0 Å². The molecule has 0 spiro atoms. The fourth-order valence-electron chi connectivity index (χ4n) is 1.20. The quantitative estimate of drug-likeness (QED) is 0.609. The fraction of sp³-hybridized carbons (Fsp3) is 0.727. The summed E-state index contributed by atoms with van der Waals surface area (Å²) in [5.41, 5.74) is -0.242. The molecule has 0 aromatic carbocycles. The van der Waals surface area contributed by atoms with Crippen LogP contribution in [0.3, 0.4) is 0 Å². The third-order valence-corrected chi connectivity index (χ3v) is 3.04. The molecule has 0 unspecified atom stereocenters. The molecule has 0 fully saturated rings. The van der Waals surface area contributed by atoms with E-state index in [1.807, 2.05) is 41.5 Å². The van der Waals surface area contributed by atoms with Crippen LogP contribution in [0.4, 0.5) is 0 Å². The van der Waals surface area contributed by atoms with E-state index < -0.39 is 0 Å². The van der Waals surface area contributed by atoms with Crippen molar-refractivity contribution in [1.82, 2.24) is 14.9 Å². The molecule has 0 bridgehead atoms. The van der Waals surface area contributed by atoms with Crippen LogP contribution >= 0.6 is 11.8 Å². The van der Waals surface area contributed by atoms with Crippen LogP contribution in [0.2, 0.25) is 0 Å². The predicted octanol–water partition coefficient (Wildman–Crippen LogP) is 1.54. The van der Waals surface area contributed by atoms with Crippen LogP contribution in [0.1, 0.15) is 47.2 Å². The Balaban J connectivity index is 3.26. The van der Waals surface area contributed by atoms with Crippen LogP contribution in [0.5, 0.6) is 0 Å². The Morgan fingerprint density at radius 2 is 1.65 bits per heavy atom. The summed E-state index contributed by atoms with van der Waals surface area (Å²) in [4.78, 5) is 12.0.